The van der Waals surface area contributed by atoms with E-state index in [1.807, 2.05) is 32.9 Å². The van der Waals surface area contributed by atoms with Crippen LogP contribution < -0.4 is 9.62 Å². The number of sulfonamides is 1. The molecule has 2 rings (SSSR count). The SMILES string of the molecule is CC[C@H](C)NC(=O)c1cccc(S(=O)(=O)N(C)c2ccc(C)cc2)c1. The molecule has 0 saturated heterocycles. The highest BCUT2D eigenvalue weighted by Crippen LogP contribution is 2.23. The maximum atomic E-state index is 12.9. The summed E-state index contributed by atoms with van der Waals surface area (Å²) in [6.07, 6.45) is 0.805. The van der Waals surface area contributed by atoms with Crippen LogP contribution in [0, 0.1) is 6.92 Å². The number of nitrogens with one attached hydrogen (secondary N) is 1. The fraction of sp³-hybridized carbons (Fsp3) is 0.316. The third kappa shape index (κ3) is 4.39. The van der Waals surface area contributed by atoms with E-state index in [9.17, 15) is 13.2 Å². The molecule has 0 heterocycles. The largest absolute Gasteiger partial charge is 0.350 e. The molecule has 2 aromatic carbocycles. The molecule has 0 fully saturated rings. The average molecular weight is 360 g/mol. The number of amides is 1. The molecule has 0 saturated carbocycles. The fourth-order valence-electron chi connectivity index (χ4n) is 2.26. The van der Waals surface area contributed by atoms with Gasteiger partial charge in [0.1, 0.15) is 0 Å². The summed E-state index contributed by atoms with van der Waals surface area (Å²) in [4.78, 5) is 12.3. The molecule has 1 atom stereocenters. The first kappa shape index (κ1) is 19.0. The summed E-state index contributed by atoms with van der Waals surface area (Å²) in [6.45, 7) is 5.82. The third-order valence-electron chi connectivity index (χ3n) is 4.14. The molecular weight excluding hydrogens is 336 g/mol. The van der Waals surface area contributed by atoms with E-state index in [2.05, 4.69) is 5.32 Å². The summed E-state index contributed by atoms with van der Waals surface area (Å²) < 4.78 is 27.0. The number of hydrogen-bond donors (Lipinski definition) is 1. The molecule has 0 radical (unpaired) electrons. The number of aryl methyl sites for hydroxylation is 1. The molecule has 5 nitrogen and oxygen atoms in total. The first-order valence-corrected chi connectivity index (χ1v) is 9.66. The summed E-state index contributed by atoms with van der Waals surface area (Å²) in [5.41, 5.74) is 1.96. The Morgan fingerprint density at radius 2 is 1.80 bits per heavy atom. The Morgan fingerprint density at radius 1 is 1.16 bits per heavy atom. The van der Waals surface area contributed by atoms with E-state index < -0.39 is 10.0 Å². The zero-order chi connectivity index (χ0) is 18.6. The van der Waals surface area contributed by atoms with Gasteiger partial charge in [0.05, 0.1) is 10.6 Å². The van der Waals surface area contributed by atoms with Gasteiger partial charge in [-0.25, -0.2) is 8.42 Å². The second-order valence-electron chi connectivity index (χ2n) is 6.12. The maximum absolute atomic E-state index is 12.9. The Kier molecular flexibility index (Phi) is 5.85. The molecule has 1 N–H and O–H groups in total. The van der Waals surface area contributed by atoms with Crippen LogP contribution in [0.4, 0.5) is 5.69 Å². The van der Waals surface area contributed by atoms with Crippen molar-refractivity contribution in [3.8, 4) is 0 Å². The summed E-state index contributed by atoms with van der Waals surface area (Å²) in [7, 11) is -2.24. The average Bonchev–Trinajstić information content (AvgIpc) is 2.61. The topological polar surface area (TPSA) is 66.5 Å². The van der Waals surface area contributed by atoms with Gasteiger partial charge in [-0.1, -0.05) is 30.7 Å². The molecule has 2 aromatic rings. The summed E-state index contributed by atoms with van der Waals surface area (Å²) in [6, 6.07) is 13.4. The molecule has 0 spiro atoms. The maximum Gasteiger partial charge on any atom is 0.264 e. The molecular formula is C19H24N2O3S. The Bertz CT molecular complexity index is 845. The van der Waals surface area contributed by atoms with Crippen molar-refractivity contribution in [3.63, 3.8) is 0 Å². The highest BCUT2D eigenvalue weighted by atomic mass is 32.2. The van der Waals surface area contributed by atoms with Crippen molar-refractivity contribution in [2.75, 3.05) is 11.4 Å². The summed E-state index contributed by atoms with van der Waals surface area (Å²) >= 11 is 0. The first-order valence-electron chi connectivity index (χ1n) is 8.22. The van der Waals surface area contributed by atoms with E-state index in [1.54, 1.807) is 24.3 Å². The van der Waals surface area contributed by atoms with Gasteiger partial charge in [0.2, 0.25) is 0 Å². The lowest BCUT2D eigenvalue weighted by atomic mass is 10.2. The van der Waals surface area contributed by atoms with Crippen LogP contribution in [-0.4, -0.2) is 27.4 Å². The van der Waals surface area contributed by atoms with Crippen LogP contribution in [0.25, 0.3) is 0 Å². The molecule has 0 aliphatic heterocycles. The lowest BCUT2D eigenvalue weighted by Crippen LogP contribution is -2.32. The predicted molar refractivity (Wildman–Crippen MR) is 100 cm³/mol. The van der Waals surface area contributed by atoms with Crippen LogP contribution in [0.3, 0.4) is 0 Å². The summed E-state index contributed by atoms with van der Waals surface area (Å²) in [5, 5.41) is 2.84. The van der Waals surface area contributed by atoms with Gasteiger partial charge in [0.25, 0.3) is 15.9 Å². The molecule has 0 unspecified atom stereocenters. The molecule has 0 aliphatic rings. The highest BCUT2D eigenvalue weighted by molar-refractivity contribution is 7.92. The molecule has 0 bridgehead atoms. The monoisotopic (exact) mass is 360 g/mol. The molecule has 25 heavy (non-hydrogen) atoms. The zero-order valence-electron chi connectivity index (χ0n) is 15.0. The van der Waals surface area contributed by atoms with E-state index in [4.69, 9.17) is 0 Å². The molecule has 6 heteroatoms. The first-order chi connectivity index (χ1) is 11.8. The van der Waals surface area contributed by atoms with Gasteiger partial charge in [0.15, 0.2) is 0 Å². The Morgan fingerprint density at radius 3 is 2.40 bits per heavy atom. The van der Waals surface area contributed by atoms with Gasteiger partial charge in [-0.05, 0) is 50.6 Å². The Balaban J connectivity index is 2.32. The fourth-order valence-corrected chi connectivity index (χ4v) is 3.50. The van der Waals surface area contributed by atoms with Gasteiger partial charge < -0.3 is 5.32 Å². The van der Waals surface area contributed by atoms with Crippen LogP contribution >= 0.6 is 0 Å². The Hall–Kier alpha value is -2.34. The molecule has 1 amide bonds. The van der Waals surface area contributed by atoms with Crippen molar-refractivity contribution in [3.05, 3.63) is 59.7 Å². The minimum absolute atomic E-state index is 0.0306. The lowest BCUT2D eigenvalue weighted by Gasteiger charge is -2.20. The highest BCUT2D eigenvalue weighted by Gasteiger charge is 2.22. The van der Waals surface area contributed by atoms with E-state index >= 15 is 0 Å². The van der Waals surface area contributed by atoms with Crippen molar-refractivity contribution in [2.24, 2.45) is 0 Å². The van der Waals surface area contributed by atoms with E-state index in [0.717, 1.165) is 12.0 Å². The molecule has 0 aromatic heterocycles. The molecule has 134 valence electrons. The van der Waals surface area contributed by atoms with Crippen LogP contribution in [0.1, 0.15) is 36.2 Å². The summed E-state index contributed by atoms with van der Waals surface area (Å²) in [5.74, 6) is -0.274. The number of benzene rings is 2. The van der Waals surface area contributed by atoms with Gasteiger partial charge in [-0.15, -0.1) is 0 Å². The van der Waals surface area contributed by atoms with Gasteiger partial charge in [-0.3, -0.25) is 9.10 Å². The minimum Gasteiger partial charge on any atom is -0.350 e. The van der Waals surface area contributed by atoms with Gasteiger partial charge in [-0.2, -0.15) is 0 Å². The normalized spacial score (nSPS) is 12.5. The van der Waals surface area contributed by atoms with E-state index in [1.165, 1.54) is 23.5 Å². The lowest BCUT2D eigenvalue weighted by molar-refractivity contribution is 0.0939. The Labute approximate surface area is 149 Å². The van der Waals surface area contributed by atoms with Crippen LogP contribution in [-0.2, 0) is 10.0 Å². The van der Waals surface area contributed by atoms with Crippen LogP contribution in [0.5, 0.6) is 0 Å². The number of carbonyl (C=O) groups excluding carboxylic acids is 1. The van der Waals surface area contributed by atoms with Crippen molar-refractivity contribution in [2.45, 2.75) is 38.1 Å². The zero-order valence-corrected chi connectivity index (χ0v) is 15.8. The van der Waals surface area contributed by atoms with Crippen molar-refractivity contribution >= 4 is 21.6 Å². The predicted octanol–water partition coefficient (Wildman–Crippen LogP) is 3.35. The minimum atomic E-state index is -3.74. The second kappa shape index (κ2) is 7.70. The number of rotatable bonds is 6. The van der Waals surface area contributed by atoms with Crippen LogP contribution in [0.2, 0.25) is 0 Å². The van der Waals surface area contributed by atoms with Crippen molar-refractivity contribution in [1.29, 1.82) is 0 Å². The van der Waals surface area contributed by atoms with E-state index in [0.29, 0.717) is 11.3 Å². The second-order valence-corrected chi connectivity index (χ2v) is 8.09. The van der Waals surface area contributed by atoms with E-state index in [-0.39, 0.29) is 16.8 Å². The number of hydrogen-bond acceptors (Lipinski definition) is 3. The number of carbonyl (C=O) groups is 1. The quantitative estimate of drug-likeness (QED) is 0.859. The van der Waals surface area contributed by atoms with Gasteiger partial charge in [0, 0.05) is 18.7 Å². The van der Waals surface area contributed by atoms with Crippen LogP contribution in [0.15, 0.2) is 53.4 Å². The number of anilines is 1. The van der Waals surface area contributed by atoms with Crippen molar-refractivity contribution < 1.29 is 13.2 Å². The third-order valence-corrected chi connectivity index (χ3v) is 5.92. The molecule has 0 aliphatic carbocycles. The van der Waals surface area contributed by atoms with Crippen molar-refractivity contribution in [1.82, 2.24) is 5.32 Å². The number of nitrogens with zero attached hydrogens (tertiary/aromatic N) is 1. The standard InChI is InChI=1S/C19H24N2O3S/c1-5-15(3)20-19(22)16-7-6-8-18(13-16)25(23,24)21(4)17-11-9-14(2)10-12-17/h6-13,15H,5H2,1-4H3,(H,20,22)/t15-/m0/s1. The smallest absolute Gasteiger partial charge is 0.264 e. The van der Waals surface area contributed by atoms with Gasteiger partial charge >= 0.3 is 0 Å².